The number of hydrogen-bond donors (Lipinski definition) is 0. The van der Waals surface area contributed by atoms with Crippen molar-refractivity contribution in [2.24, 2.45) is 0 Å². The van der Waals surface area contributed by atoms with E-state index in [1.807, 2.05) is 22.9 Å². The van der Waals surface area contributed by atoms with E-state index in [-0.39, 0.29) is 12.1 Å². The van der Waals surface area contributed by atoms with Gasteiger partial charge in [-0.15, -0.1) is 5.10 Å². The Hall–Kier alpha value is -1.50. The number of piperazine rings is 1. The molecule has 2 heterocycles. The zero-order valence-corrected chi connectivity index (χ0v) is 14.6. The Bertz CT molecular complexity index is 648. The molecule has 7 heteroatoms. The average molecular weight is 335 g/mol. The highest BCUT2D eigenvalue weighted by atomic mass is 35.5. The molecule has 3 rings (SSSR count). The lowest BCUT2D eigenvalue weighted by Gasteiger charge is -2.38. The van der Waals surface area contributed by atoms with Gasteiger partial charge in [-0.05, 0) is 43.0 Å². The molecule has 0 bridgehead atoms. The predicted octanol–water partition coefficient (Wildman–Crippen LogP) is 2.24. The quantitative estimate of drug-likeness (QED) is 0.858. The third-order valence-electron chi connectivity index (χ3n) is 4.35. The monoisotopic (exact) mass is 334 g/mol. The van der Waals surface area contributed by atoms with E-state index in [2.05, 4.69) is 52.3 Å². The molecule has 124 valence electrons. The standard InChI is InChI=1S/C16H23ClN6/c1-12(2)23-16(18-19-20-23)15(13-6-4-5-7-14(13)17)22-10-8-21(3)9-11-22/h4-7,12,15H,8-11H2,1-3H3. The SMILES string of the molecule is CC(C)n1nnnc1C(c1ccccc1Cl)N1CCN(C)CC1. The first kappa shape index (κ1) is 16.4. The van der Waals surface area contributed by atoms with E-state index >= 15 is 0 Å². The van der Waals surface area contributed by atoms with Crippen molar-refractivity contribution < 1.29 is 0 Å². The van der Waals surface area contributed by atoms with E-state index in [4.69, 9.17) is 11.6 Å². The number of aromatic nitrogens is 4. The Labute approximate surface area is 142 Å². The second kappa shape index (κ2) is 6.95. The number of likely N-dealkylation sites (N-methyl/N-ethyl adjacent to an activating group) is 1. The summed E-state index contributed by atoms with van der Waals surface area (Å²) < 4.78 is 1.90. The molecule has 1 aliphatic heterocycles. The van der Waals surface area contributed by atoms with Crippen LogP contribution < -0.4 is 0 Å². The molecule has 2 aromatic rings. The molecule has 0 amide bonds. The first-order chi connectivity index (χ1) is 11.1. The minimum absolute atomic E-state index is 0.0187. The molecule has 1 atom stereocenters. The molecule has 0 saturated carbocycles. The van der Waals surface area contributed by atoms with E-state index in [1.165, 1.54) is 0 Å². The Kier molecular flexibility index (Phi) is 4.94. The summed E-state index contributed by atoms with van der Waals surface area (Å²) in [6.45, 7) is 8.18. The van der Waals surface area contributed by atoms with Gasteiger partial charge in [0.2, 0.25) is 0 Å². The van der Waals surface area contributed by atoms with Crippen molar-refractivity contribution in [3.05, 3.63) is 40.7 Å². The van der Waals surface area contributed by atoms with Crippen molar-refractivity contribution in [2.45, 2.75) is 25.9 Å². The van der Waals surface area contributed by atoms with Crippen LogP contribution in [0.5, 0.6) is 0 Å². The molecule has 0 aliphatic carbocycles. The van der Waals surface area contributed by atoms with Crippen LogP contribution in [0.3, 0.4) is 0 Å². The van der Waals surface area contributed by atoms with Crippen molar-refractivity contribution >= 4 is 11.6 Å². The number of benzene rings is 1. The van der Waals surface area contributed by atoms with Gasteiger partial charge in [0.25, 0.3) is 0 Å². The molecule has 1 aromatic heterocycles. The Morgan fingerprint density at radius 3 is 2.43 bits per heavy atom. The first-order valence-electron chi connectivity index (χ1n) is 8.02. The van der Waals surface area contributed by atoms with Gasteiger partial charge in [-0.1, -0.05) is 29.8 Å². The molecule has 23 heavy (non-hydrogen) atoms. The first-order valence-corrected chi connectivity index (χ1v) is 8.40. The summed E-state index contributed by atoms with van der Waals surface area (Å²) in [4.78, 5) is 4.76. The van der Waals surface area contributed by atoms with Crippen LogP contribution >= 0.6 is 11.6 Å². The van der Waals surface area contributed by atoms with Crippen LogP contribution in [0.1, 0.15) is 37.3 Å². The fourth-order valence-electron chi connectivity index (χ4n) is 3.02. The molecule has 1 saturated heterocycles. The summed E-state index contributed by atoms with van der Waals surface area (Å²) in [5.41, 5.74) is 1.07. The molecule has 0 spiro atoms. The minimum atomic E-state index is -0.0187. The van der Waals surface area contributed by atoms with Crippen molar-refractivity contribution in [1.82, 2.24) is 30.0 Å². The summed E-state index contributed by atoms with van der Waals surface area (Å²) in [5.74, 6) is 0.859. The van der Waals surface area contributed by atoms with Crippen molar-refractivity contribution in [3.63, 3.8) is 0 Å². The highest BCUT2D eigenvalue weighted by Crippen LogP contribution is 2.33. The highest BCUT2D eigenvalue weighted by molar-refractivity contribution is 6.31. The summed E-state index contributed by atoms with van der Waals surface area (Å²) in [6, 6.07) is 8.17. The molecule has 0 radical (unpaired) electrons. The van der Waals surface area contributed by atoms with Crippen LogP contribution in [0.15, 0.2) is 24.3 Å². The van der Waals surface area contributed by atoms with E-state index in [0.717, 1.165) is 42.6 Å². The lowest BCUT2D eigenvalue weighted by atomic mass is 10.0. The minimum Gasteiger partial charge on any atom is -0.304 e. The van der Waals surface area contributed by atoms with Crippen LogP contribution in [0, 0.1) is 0 Å². The molecule has 6 nitrogen and oxygen atoms in total. The van der Waals surface area contributed by atoms with Gasteiger partial charge in [0.15, 0.2) is 5.82 Å². The summed E-state index contributed by atoms with van der Waals surface area (Å²) in [6.07, 6.45) is 0. The van der Waals surface area contributed by atoms with Crippen molar-refractivity contribution in [2.75, 3.05) is 33.2 Å². The molecule has 1 aliphatic rings. The summed E-state index contributed by atoms with van der Waals surface area (Å²) in [7, 11) is 2.15. The molecule has 1 aromatic carbocycles. The maximum Gasteiger partial charge on any atom is 0.173 e. The maximum atomic E-state index is 6.50. The molecular formula is C16H23ClN6. The van der Waals surface area contributed by atoms with Crippen molar-refractivity contribution in [1.29, 1.82) is 0 Å². The van der Waals surface area contributed by atoms with Crippen LogP contribution in [-0.4, -0.2) is 63.2 Å². The van der Waals surface area contributed by atoms with Crippen LogP contribution in [0.4, 0.5) is 0 Å². The average Bonchev–Trinajstić information content (AvgIpc) is 3.01. The number of rotatable bonds is 4. The second-order valence-corrected chi connectivity index (χ2v) is 6.75. The Morgan fingerprint density at radius 1 is 1.09 bits per heavy atom. The van der Waals surface area contributed by atoms with Gasteiger partial charge in [0.1, 0.15) is 0 Å². The normalized spacial score (nSPS) is 18.5. The predicted molar refractivity (Wildman–Crippen MR) is 90.6 cm³/mol. The third-order valence-corrected chi connectivity index (χ3v) is 4.70. The number of hydrogen-bond acceptors (Lipinski definition) is 5. The zero-order chi connectivity index (χ0) is 16.4. The molecule has 0 N–H and O–H groups in total. The van der Waals surface area contributed by atoms with E-state index < -0.39 is 0 Å². The Morgan fingerprint density at radius 2 is 1.78 bits per heavy atom. The second-order valence-electron chi connectivity index (χ2n) is 6.34. The van der Waals surface area contributed by atoms with E-state index in [1.54, 1.807) is 0 Å². The van der Waals surface area contributed by atoms with Gasteiger partial charge in [0, 0.05) is 31.2 Å². The number of tetrazole rings is 1. The highest BCUT2D eigenvalue weighted by Gasteiger charge is 2.31. The fourth-order valence-corrected chi connectivity index (χ4v) is 3.26. The largest absolute Gasteiger partial charge is 0.304 e. The molecule has 1 unspecified atom stereocenters. The lowest BCUT2D eigenvalue weighted by Crippen LogP contribution is -2.46. The number of nitrogens with zero attached hydrogens (tertiary/aromatic N) is 6. The Balaban J connectivity index is 2.03. The van der Waals surface area contributed by atoms with Crippen LogP contribution in [0.2, 0.25) is 5.02 Å². The number of halogens is 1. The van der Waals surface area contributed by atoms with Gasteiger partial charge < -0.3 is 4.90 Å². The summed E-state index contributed by atoms with van der Waals surface area (Å²) in [5, 5.41) is 13.2. The smallest absolute Gasteiger partial charge is 0.173 e. The lowest BCUT2D eigenvalue weighted by molar-refractivity contribution is 0.121. The van der Waals surface area contributed by atoms with E-state index in [0.29, 0.717) is 0 Å². The topological polar surface area (TPSA) is 50.1 Å². The third kappa shape index (κ3) is 3.39. The van der Waals surface area contributed by atoms with E-state index in [9.17, 15) is 0 Å². The van der Waals surface area contributed by atoms with Gasteiger partial charge >= 0.3 is 0 Å². The molecule has 1 fully saturated rings. The summed E-state index contributed by atoms with van der Waals surface area (Å²) >= 11 is 6.50. The van der Waals surface area contributed by atoms with Crippen molar-refractivity contribution in [3.8, 4) is 0 Å². The van der Waals surface area contributed by atoms with Gasteiger partial charge in [-0.25, -0.2) is 4.68 Å². The molecular weight excluding hydrogens is 312 g/mol. The maximum absolute atomic E-state index is 6.50. The van der Waals surface area contributed by atoms with Gasteiger partial charge in [-0.3, -0.25) is 4.90 Å². The van der Waals surface area contributed by atoms with Crippen LogP contribution in [0.25, 0.3) is 0 Å². The zero-order valence-electron chi connectivity index (χ0n) is 13.9. The van der Waals surface area contributed by atoms with Crippen LogP contribution in [-0.2, 0) is 0 Å². The van der Waals surface area contributed by atoms with Gasteiger partial charge in [-0.2, -0.15) is 0 Å². The fraction of sp³-hybridized carbons (Fsp3) is 0.562. The van der Waals surface area contributed by atoms with Gasteiger partial charge in [0.05, 0.1) is 12.1 Å².